The molecule has 1 saturated carbocycles. The predicted octanol–water partition coefficient (Wildman–Crippen LogP) is 3.39. The van der Waals surface area contributed by atoms with Crippen LogP contribution in [0.4, 0.5) is 0 Å². The Morgan fingerprint density at radius 2 is 1.96 bits per heavy atom. The highest BCUT2D eigenvalue weighted by Gasteiger charge is 2.39. The summed E-state index contributed by atoms with van der Waals surface area (Å²) in [7, 11) is 0. The quantitative estimate of drug-likeness (QED) is 0.666. The van der Waals surface area contributed by atoms with Crippen LogP contribution in [0.25, 0.3) is 5.69 Å². The first-order valence-corrected chi connectivity index (χ1v) is 10.3. The fourth-order valence-corrected chi connectivity index (χ4v) is 4.51. The average Bonchev–Trinajstić information content (AvgIpc) is 3.37. The Hall–Kier alpha value is -2.37. The van der Waals surface area contributed by atoms with E-state index in [1.54, 1.807) is 17.3 Å². The molecule has 4 rings (SSSR count). The largest absolute Gasteiger partial charge is 0.357 e. The first-order chi connectivity index (χ1) is 13.3. The maximum atomic E-state index is 4.93. The Kier molecular flexibility index (Phi) is 5.41. The standard InChI is InChI=1S/C21H30N6/c1-2-23-20(26-13-12-21(15-26)10-4-3-5-11-21)24-14-18-6-8-19(9-7-18)27-17-22-16-25-27/h6-9,16-17H,2-5,10-15H2,1H3,(H,23,24). The molecule has 144 valence electrons. The van der Waals surface area contributed by atoms with Crippen LogP contribution < -0.4 is 5.32 Å². The highest BCUT2D eigenvalue weighted by Crippen LogP contribution is 2.43. The molecule has 2 aromatic rings. The predicted molar refractivity (Wildman–Crippen MR) is 108 cm³/mol. The molecule has 2 fully saturated rings. The van der Waals surface area contributed by atoms with E-state index in [4.69, 9.17) is 4.99 Å². The lowest BCUT2D eigenvalue weighted by Crippen LogP contribution is -2.41. The van der Waals surface area contributed by atoms with E-state index in [-0.39, 0.29) is 0 Å². The molecule has 2 aliphatic rings. The van der Waals surface area contributed by atoms with Gasteiger partial charge in [0.05, 0.1) is 12.2 Å². The van der Waals surface area contributed by atoms with Gasteiger partial charge in [-0.05, 0) is 49.3 Å². The van der Waals surface area contributed by atoms with Gasteiger partial charge in [0, 0.05) is 19.6 Å². The van der Waals surface area contributed by atoms with Gasteiger partial charge in [-0.1, -0.05) is 31.4 Å². The van der Waals surface area contributed by atoms with Crippen molar-refractivity contribution in [1.82, 2.24) is 25.0 Å². The minimum absolute atomic E-state index is 0.549. The smallest absolute Gasteiger partial charge is 0.194 e. The third kappa shape index (κ3) is 4.15. The number of rotatable bonds is 4. The van der Waals surface area contributed by atoms with Crippen LogP contribution in [0, 0.1) is 5.41 Å². The molecule has 1 aromatic carbocycles. The van der Waals surface area contributed by atoms with Crippen molar-refractivity contribution in [3.63, 3.8) is 0 Å². The van der Waals surface area contributed by atoms with Gasteiger partial charge in [0.15, 0.2) is 5.96 Å². The number of nitrogens with zero attached hydrogens (tertiary/aromatic N) is 5. The van der Waals surface area contributed by atoms with Crippen LogP contribution in [0.2, 0.25) is 0 Å². The topological polar surface area (TPSA) is 58.3 Å². The number of aliphatic imine (C=N–C) groups is 1. The Balaban J connectivity index is 1.42. The van der Waals surface area contributed by atoms with Gasteiger partial charge in [0.25, 0.3) is 0 Å². The number of likely N-dealkylation sites (tertiary alicyclic amines) is 1. The lowest BCUT2D eigenvalue weighted by atomic mass is 9.73. The molecule has 1 spiro atoms. The summed E-state index contributed by atoms with van der Waals surface area (Å²) in [6, 6.07) is 8.38. The van der Waals surface area contributed by atoms with Crippen molar-refractivity contribution in [3.05, 3.63) is 42.5 Å². The molecule has 0 amide bonds. The summed E-state index contributed by atoms with van der Waals surface area (Å²) < 4.78 is 1.77. The molecule has 0 bridgehead atoms. The van der Waals surface area contributed by atoms with Crippen LogP contribution in [-0.2, 0) is 6.54 Å². The van der Waals surface area contributed by atoms with Gasteiger partial charge in [-0.3, -0.25) is 0 Å². The number of hydrogen-bond acceptors (Lipinski definition) is 3. The molecular weight excluding hydrogens is 336 g/mol. The van der Waals surface area contributed by atoms with Gasteiger partial charge in [-0.25, -0.2) is 14.7 Å². The van der Waals surface area contributed by atoms with Crippen LogP contribution in [0.15, 0.2) is 41.9 Å². The Morgan fingerprint density at radius 3 is 2.67 bits per heavy atom. The zero-order valence-corrected chi connectivity index (χ0v) is 16.3. The van der Waals surface area contributed by atoms with Crippen LogP contribution >= 0.6 is 0 Å². The van der Waals surface area contributed by atoms with Crippen molar-refractivity contribution in [2.24, 2.45) is 10.4 Å². The van der Waals surface area contributed by atoms with Crippen LogP contribution in [0.5, 0.6) is 0 Å². The average molecular weight is 367 g/mol. The summed E-state index contributed by atoms with van der Waals surface area (Å²) in [5.41, 5.74) is 2.78. The zero-order chi connectivity index (χ0) is 18.5. The Morgan fingerprint density at radius 1 is 1.15 bits per heavy atom. The van der Waals surface area contributed by atoms with Crippen molar-refractivity contribution in [1.29, 1.82) is 0 Å². The number of guanidine groups is 1. The first-order valence-electron chi connectivity index (χ1n) is 10.3. The summed E-state index contributed by atoms with van der Waals surface area (Å²) in [6.07, 6.45) is 11.6. The fraction of sp³-hybridized carbons (Fsp3) is 0.571. The number of hydrogen-bond donors (Lipinski definition) is 1. The highest BCUT2D eigenvalue weighted by atomic mass is 15.3. The monoisotopic (exact) mass is 366 g/mol. The summed E-state index contributed by atoms with van der Waals surface area (Å²) in [4.78, 5) is 11.4. The van der Waals surface area contributed by atoms with Gasteiger partial charge < -0.3 is 10.2 Å². The van der Waals surface area contributed by atoms with Crippen LogP contribution in [-0.4, -0.2) is 45.3 Å². The second-order valence-electron chi connectivity index (χ2n) is 7.91. The molecule has 2 heterocycles. The summed E-state index contributed by atoms with van der Waals surface area (Å²) >= 11 is 0. The number of aromatic nitrogens is 3. The molecule has 6 nitrogen and oxygen atoms in total. The van der Waals surface area contributed by atoms with Crippen molar-refractivity contribution >= 4 is 5.96 Å². The van der Waals surface area contributed by atoms with Gasteiger partial charge in [-0.15, -0.1) is 0 Å². The van der Waals surface area contributed by atoms with Crippen molar-refractivity contribution < 1.29 is 0 Å². The summed E-state index contributed by atoms with van der Waals surface area (Å²) in [6.45, 7) is 6.06. The molecule has 1 N–H and O–H groups in total. The first kappa shape index (κ1) is 18.0. The molecular formula is C21H30N6. The second kappa shape index (κ2) is 8.11. The molecule has 0 radical (unpaired) electrons. The van der Waals surface area contributed by atoms with Crippen LogP contribution in [0.3, 0.4) is 0 Å². The van der Waals surface area contributed by atoms with Crippen molar-refractivity contribution in [3.8, 4) is 5.69 Å². The lowest BCUT2D eigenvalue weighted by molar-refractivity contribution is 0.203. The molecule has 0 unspecified atom stereocenters. The SMILES string of the molecule is CCNC(=NCc1ccc(-n2cncn2)cc1)N1CCC2(CCCCC2)C1. The third-order valence-corrected chi connectivity index (χ3v) is 6.02. The third-order valence-electron chi connectivity index (χ3n) is 6.02. The maximum Gasteiger partial charge on any atom is 0.194 e. The van der Waals surface area contributed by atoms with Crippen LogP contribution in [0.1, 0.15) is 51.0 Å². The van der Waals surface area contributed by atoms with Crippen molar-refractivity contribution in [2.45, 2.75) is 52.0 Å². The highest BCUT2D eigenvalue weighted by molar-refractivity contribution is 5.80. The molecule has 6 heteroatoms. The summed E-state index contributed by atoms with van der Waals surface area (Å²) in [5.74, 6) is 1.07. The van der Waals surface area contributed by atoms with E-state index in [0.29, 0.717) is 12.0 Å². The number of benzene rings is 1. The zero-order valence-electron chi connectivity index (χ0n) is 16.3. The summed E-state index contributed by atoms with van der Waals surface area (Å²) in [5, 5.41) is 7.67. The normalized spacial score (nSPS) is 19.6. The Labute approximate surface area is 161 Å². The van der Waals surface area contributed by atoms with E-state index < -0.39 is 0 Å². The minimum atomic E-state index is 0.549. The number of nitrogens with one attached hydrogen (secondary N) is 1. The van der Waals surface area contributed by atoms with Gasteiger partial charge in [-0.2, -0.15) is 5.10 Å². The van der Waals surface area contributed by atoms with Gasteiger partial charge in [0.2, 0.25) is 0 Å². The Bertz CT molecular complexity index is 743. The van der Waals surface area contributed by atoms with Crippen molar-refractivity contribution in [2.75, 3.05) is 19.6 Å². The molecule has 1 aromatic heterocycles. The molecule has 0 atom stereocenters. The van der Waals surface area contributed by atoms with Gasteiger partial charge >= 0.3 is 0 Å². The van der Waals surface area contributed by atoms with E-state index in [1.165, 1.54) is 50.6 Å². The fourth-order valence-electron chi connectivity index (χ4n) is 4.51. The van der Waals surface area contributed by atoms with E-state index in [9.17, 15) is 0 Å². The van der Waals surface area contributed by atoms with E-state index in [0.717, 1.165) is 24.7 Å². The molecule has 27 heavy (non-hydrogen) atoms. The van der Waals surface area contributed by atoms with E-state index >= 15 is 0 Å². The molecule has 1 saturated heterocycles. The lowest BCUT2D eigenvalue weighted by Gasteiger charge is -2.33. The van der Waals surface area contributed by atoms with E-state index in [1.807, 2.05) is 0 Å². The maximum absolute atomic E-state index is 4.93. The van der Waals surface area contributed by atoms with E-state index in [2.05, 4.69) is 51.5 Å². The molecule has 1 aliphatic heterocycles. The van der Waals surface area contributed by atoms with Gasteiger partial charge in [0.1, 0.15) is 12.7 Å². The minimum Gasteiger partial charge on any atom is -0.357 e. The molecule has 1 aliphatic carbocycles. The second-order valence-corrected chi connectivity index (χ2v) is 7.91.